The molecule has 3 nitrogen and oxygen atoms in total. The average molecular weight is 626 g/mol. The molecule has 4 unspecified atom stereocenters. The fourth-order valence-electron chi connectivity index (χ4n) is 3.51. The summed E-state index contributed by atoms with van der Waals surface area (Å²) >= 11 is 15.0. The highest BCUT2D eigenvalue weighted by molar-refractivity contribution is 9.25. The first kappa shape index (κ1) is 20.5. The Morgan fingerprint density at radius 1 is 0.704 bits per heavy atom. The van der Waals surface area contributed by atoms with E-state index in [1.807, 2.05) is 36.4 Å². The van der Waals surface area contributed by atoms with Crippen LogP contribution in [-0.2, 0) is 25.4 Å². The van der Waals surface area contributed by atoms with Crippen LogP contribution >= 0.6 is 63.7 Å². The van der Waals surface area contributed by atoms with E-state index in [1.54, 1.807) is 0 Å². The van der Waals surface area contributed by atoms with Crippen LogP contribution in [-0.4, -0.2) is 32.9 Å². The molecule has 2 saturated heterocycles. The first-order valence-electron chi connectivity index (χ1n) is 8.62. The number of rotatable bonds is 8. The monoisotopic (exact) mass is 622 g/mol. The van der Waals surface area contributed by atoms with Gasteiger partial charge in [-0.2, -0.15) is 0 Å². The van der Waals surface area contributed by atoms with Crippen molar-refractivity contribution in [2.45, 2.75) is 30.9 Å². The van der Waals surface area contributed by atoms with Crippen molar-refractivity contribution in [3.8, 4) is 0 Å². The molecule has 2 aliphatic heterocycles. The van der Waals surface area contributed by atoms with Gasteiger partial charge < -0.3 is 14.2 Å². The Balaban J connectivity index is 1.87. The fourth-order valence-corrected chi connectivity index (χ4v) is 6.12. The van der Waals surface area contributed by atoms with Crippen LogP contribution in [0.3, 0.4) is 0 Å². The van der Waals surface area contributed by atoms with Gasteiger partial charge in [0.05, 0.1) is 13.2 Å². The predicted octanol–water partition coefficient (Wildman–Crippen LogP) is 5.82. The smallest absolute Gasteiger partial charge is 0.145 e. The van der Waals surface area contributed by atoms with Crippen molar-refractivity contribution in [2.75, 3.05) is 13.2 Å². The zero-order valence-corrected chi connectivity index (χ0v) is 20.6. The molecule has 2 aromatic carbocycles. The van der Waals surface area contributed by atoms with Crippen molar-refractivity contribution in [1.82, 2.24) is 0 Å². The van der Waals surface area contributed by atoms with Gasteiger partial charge in [0.1, 0.15) is 30.9 Å². The van der Waals surface area contributed by atoms with Gasteiger partial charge in [0.25, 0.3) is 0 Å². The van der Waals surface area contributed by atoms with Crippen LogP contribution in [0.15, 0.2) is 60.7 Å². The van der Waals surface area contributed by atoms with Gasteiger partial charge in [-0.05, 0) is 11.1 Å². The van der Waals surface area contributed by atoms with Crippen molar-refractivity contribution in [3.63, 3.8) is 0 Å². The largest absolute Gasteiger partial charge is 0.370 e. The normalized spacial score (nSPS) is 25.9. The van der Waals surface area contributed by atoms with Gasteiger partial charge in [0.15, 0.2) is 0 Å². The molecule has 0 bridgehead atoms. The molecule has 2 aromatic rings. The summed E-state index contributed by atoms with van der Waals surface area (Å²) in [5.74, 6) is 0. The van der Waals surface area contributed by atoms with Crippen molar-refractivity contribution >= 4 is 63.7 Å². The highest BCUT2D eigenvalue weighted by Gasteiger charge is 2.63. The van der Waals surface area contributed by atoms with E-state index in [1.165, 1.54) is 0 Å². The molecule has 4 rings (SSSR count). The summed E-state index contributed by atoms with van der Waals surface area (Å²) in [4.78, 5) is 0. The summed E-state index contributed by atoms with van der Waals surface area (Å²) in [5, 5.41) is 0. The van der Waals surface area contributed by atoms with Crippen LogP contribution in [0, 0.1) is 0 Å². The molecule has 7 heteroatoms. The fraction of sp³-hybridized carbons (Fsp3) is 0.400. The third-order valence-corrected chi connectivity index (χ3v) is 7.78. The molecule has 0 aliphatic carbocycles. The second-order valence-electron chi connectivity index (χ2n) is 6.67. The Labute approximate surface area is 192 Å². The standard InChI is InChI=1S/C20H18Br4O3/c21-17(22)19(15-11-25-15,13-7-3-1-4-8-13)27-20(18(23)24,16-12-26-16)14-9-5-2-6-10-14/h1-10,15-18H,11-12H2. The Hall–Kier alpha value is 0.240. The van der Waals surface area contributed by atoms with Crippen LogP contribution in [0.25, 0.3) is 0 Å². The van der Waals surface area contributed by atoms with Gasteiger partial charge in [-0.3, -0.25) is 0 Å². The topological polar surface area (TPSA) is 34.3 Å². The molecule has 0 radical (unpaired) electrons. The predicted molar refractivity (Wildman–Crippen MR) is 120 cm³/mol. The molecule has 144 valence electrons. The lowest BCUT2D eigenvalue weighted by atomic mass is 9.87. The van der Waals surface area contributed by atoms with E-state index in [9.17, 15) is 0 Å². The number of halogens is 4. The summed E-state index contributed by atoms with van der Waals surface area (Å²) in [6, 6.07) is 20.4. The second kappa shape index (κ2) is 8.17. The molecule has 0 aromatic heterocycles. The van der Waals surface area contributed by atoms with Crippen LogP contribution in [0.5, 0.6) is 0 Å². The zero-order chi connectivity index (χ0) is 19.1. The maximum absolute atomic E-state index is 7.13. The average Bonchev–Trinajstić information content (AvgIpc) is 3.57. The molecule has 0 spiro atoms. The maximum atomic E-state index is 7.13. The molecule has 0 amide bonds. The Kier molecular flexibility index (Phi) is 6.20. The minimum absolute atomic E-state index is 0.0655. The molecule has 0 N–H and O–H groups in total. The minimum atomic E-state index is -0.733. The van der Waals surface area contributed by atoms with Crippen LogP contribution in [0.1, 0.15) is 11.1 Å². The first-order chi connectivity index (χ1) is 13.0. The molecular weight excluding hydrogens is 608 g/mol. The Bertz CT molecular complexity index is 692. The van der Waals surface area contributed by atoms with Gasteiger partial charge in [-0.25, -0.2) is 0 Å². The first-order valence-corrected chi connectivity index (χ1v) is 12.3. The maximum Gasteiger partial charge on any atom is 0.145 e. The van der Waals surface area contributed by atoms with Crippen LogP contribution in [0.2, 0.25) is 0 Å². The lowest BCUT2D eigenvalue weighted by Crippen LogP contribution is -2.53. The zero-order valence-electron chi connectivity index (χ0n) is 14.2. The van der Waals surface area contributed by atoms with E-state index < -0.39 is 11.2 Å². The SMILES string of the molecule is BrC(Br)C(OC(c1ccccc1)(C(Br)Br)C1CO1)(c1ccccc1)C1CO1. The molecule has 4 atom stereocenters. The molecule has 2 aliphatic rings. The number of ether oxygens (including phenoxy) is 3. The lowest BCUT2D eigenvalue weighted by molar-refractivity contribution is -0.171. The van der Waals surface area contributed by atoms with Crippen molar-refractivity contribution in [2.24, 2.45) is 0 Å². The van der Waals surface area contributed by atoms with Crippen molar-refractivity contribution in [3.05, 3.63) is 71.8 Å². The van der Waals surface area contributed by atoms with Crippen LogP contribution in [0.4, 0.5) is 0 Å². The summed E-state index contributed by atoms with van der Waals surface area (Å²) < 4.78 is 18.4. The van der Waals surface area contributed by atoms with Gasteiger partial charge in [0, 0.05) is 0 Å². The number of hydrogen-bond acceptors (Lipinski definition) is 3. The summed E-state index contributed by atoms with van der Waals surface area (Å²) in [7, 11) is 0. The van der Waals surface area contributed by atoms with E-state index in [4.69, 9.17) is 14.2 Å². The molecule has 2 fully saturated rings. The minimum Gasteiger partial charge on any atom is -0.370 e. The Morgan fingerprint density at radius 3 is 1.30 bits per heavy atom. The third-order valence-electron chi connectivity index (χ3n) is 5.06. The summed E-state index contributed by atoms with van der Waals surface area (Å²) in [6.07, 6.45) is -0.131. The number of hydrogen-bond donors (Lipinski definition) is 0. The highest BCUT2D eigenvalue weighted by atomic mass is 79.9. The highest BCUT2D eigenvalue weighted by Crippen LogP contribution is 2.55. The van der Waals surface area contributed by atoms with E-state index in [0.717, 1.165) is 11.1 Å². The molecule has 0 saturated carbocycles. The van der Waals surface area contributed by atoms with E-state index in [-0.39, 0.29) is 19.7 Å². The van der Waals surface area contributed by atoms with Gasteiger partial charge in [-0.1, -0.05) is 124 Å². The lowest BCUT2D eigenvalue weighted by Gasteiger charge is -2.45. The molecule has 27 heavy (non-hydrogen) atoms. The van der Waals surface area contributed by atoms with Gasteiger partial charge in [-0.15, -0.1) is 0 Å². The van der Waals surface area contributed by atoms with E-state index in [0.29, 0.717) is 13.2 Å². The van der Waals surface area contributed by atoms with Gasteiger partial charge in [0.2, 0.25) is 0 Å². The van der Waals surface area contributed by atoms with Gasteiger partial charge >= 0.3 is 0 Å². The van der Waals surface area contributed by atoms with Crippen molar-refractivity contribution in [1.29, 1.82) is 0 Å². The van der Waals surface area contributed by atoms with Crippen molar-refractivity contribution < 1.29 is 14.2 Å². The number of alkyl halides is 4. The summed E-state index contributed by atoms with van der Waals surface area (Å²) in [5.41, 5.74) is 0.631. The second-order valence-corrected chi connectivity index (χ2v) is 12.8. The Morgan fingerprint density at radius 2 is 1.04 bits per heavy atom. The van der Waals surface area contributed by atoms with Crippen LogP contribution < -0.4 is 0 Å². The summed E-state index contributed by atoms with van der Waals surface area (Å²) in [6.45, 7) is 1.29. The quantitative estimate of drug-likeness (QED) is 0.274. The van der Waals surface area contributed by atoms with E-state index >= 15 is 0 Å². The van der Waals surface area contributed by atoms with E-state index in [2.05, 4.69) is 88.0 Å². The third kappa shape index (κ3) is 3.74. The molecule has 2 heterocycles. The molecular formula is C20H18Br4O3. The number of benzene rings is 2. The number of epoxide rings is 2.